The van der Waals surface area contributed by atoms with Gasteiger partial charge in [-0.05, 0) is 49.6 Å². The molecule has 1 heterocycles. The van der Waals surface area contributed by atoms with Crippen molar-refractivity contribution in [2.24, 2.45) is 5.92 Å². The fourth-order valence-electron chi connectivity index (χ4n) is 2.70. The Morgan fingerprint density at radius 3 is 2.24 bits per heavy atom. The lowest BCUT2D eigenvalue weighted by molar-refractivity contribution is 0.371. The van der Waals surface area contributed by atoms with Crippen molar-refractivity contribution in [1.82, 2.24) is 5.32 Å². The third kappa shape index (κ3) is 4.71. The highest BCUT2D eigenvalue weighted by Crippen LogP contribution is 2.24. The highest BCUT2D eigenvalue weighted by atomic mass is 32.2. The molecule has 4 nitrogen and oxygen atoms in total. The summed E-state index contributed by atoms with van der Waals surface area (Å²) in [7, 11) is -3.10. The Morgan fingerprint density at radius 1 is 1.19 bits per heavy atom. The Labute approximate surface area is 128 Å². The van der Waals surface area contributed by atoms with E-state index in [4.69, 9.17) is 0 Å². The Hall–Kier alpha value is -1.07. The van der Waals surface area contributed by atoms with Crippen molar-refractivity contribution in [2.45, 2.75) is 37.6 Å². The van der Waals surface area contributed by atoms with Gasteiger partial charge in [0, 0.05) is 31.1 Å². The lowest BCUT2D eigenvalue weighted by Gasteiger charge is -2.34. The number of sulfone groups is 1. The predicted octanol–water partition coefficient (Wildman–Crippen LogP) is 2.30. The van der Waals surface area contributed by atoms with Crippen molar-refractivity contribution in [2.75, 3.05) is 30.8 Å². The predicted molar refractivity (Wildman–Crippen MR) is 87.6 cm³/mol. The zero-order chi connectivity index (χ0) is 15.5. The molecule has 0 bridgehead atoms. The molecule has 0 amide bonds. The van der Waals surface area contributed by atoms with E-state index in [1.165, 1.54) is 19.1 Å². The number of piperidine rings is 1. The smallest absolute Gasteiger partial charge is 0.175 e. The summed E-state index contributed by atoms with van der Waals surface area (Å²) in [6.07, 6.45) is 3.62. The van der Waals surface area contributed by atoms with Gasteiger partial charge >= 0.3 is 0 Å². The SMILES string of the molecule is CC(C)NCC1CCN(c2ccc(S(C)(=O)=O)cc2)CC1. The topological polar surface area (TPSA) is 49.4 Å². The van der Waals surface area contributed by atoms with Gasteiger partial charge in [0.2, 0.25) is 0 Å². The summed E-state index contributed by atoms with van der Waals surface area (Å²) >= 11 is 0. The first kappa shape index (κ1) is 16.3. The zero-order valence-electron chi connectivity index (χ0n) is 13.2. The van der Waals surface area contributed by atoms with Gasteiger partial charge in [0.25, 0.3) is 0 Å². The minimum absolute atomic E-state index is 0.391. The van der Waals surface area contributed by atoms with Gasteiger partial charge in [-0.15, -0.1) is 0 Å². The molecular weight excluding hydrogens is 284 g/mol. The summed E-state index contributed by atoms with van der Waals surface area (Å²) in [5, 5.41) is 3.51. The van der Waals surface area contributed by atoms with Crippen LogP contribution < -0.4 is 10.2 Å². The maximum Gasteiger partial charge on any atom is 0.175 e. The first-order valence-electron chi connectivity index (χ1n) is 7.64. The van der Waals surface area contributed by atoms with Gasteiger partial charge in [0.1, 0.15) is 0 Å². The molecule has 1 aliphatic rings. The van der Waals surface area contributed by atoms with E-state index in [0.29, 0.717) is 10.9 Å². The van der Waals surface area contributed by atoms with Crippen LogP contribution in [0.2, 0.25) is 0 Å². The number of rotatable bonds is 5. The Kier molecular flexibility index (Phi) is 5.27. The molecule has 118 valence electrons. The molecule has 1 saturated heterocycles. The van der Waals surface area contributed by atoms with Crippen LogP contribution >= 0.6 is 0 Å². The Morgan fingerprint density at radius 2 is 1.76 bits per heavy atom. The van der Waals surface area contributed by atoms with Gasteiger partial charge < -0.3 is 10.2 Å². The lowest BCUT2D eigenvalue weighted by atomic mass is 9.96. The molecule has 0 radical (unpaired) electrons. The molecule has 1 aliphatic heterocycles. The molecule has 1 fully saturated rings. The fraction of sp³-hybridized carbons (Fsp3) is 0.625. The zero-order valence-corrected chi connectivity index (χ0v) is 14.0. The third-order valence-electron chi connectivity index (χ3n) is 4.06. The van der Waals surface area contributed by atoms with Crippen molar-refractivity contribution in [1.29, 1.82) is 0 Å². The van der Waals surface area contributed by atoms with Gasteiger partial charge in [-0.3, -0.25) is 0 Å². The van der Waals surface area contributed by atoms with Crippen LogP contribution in [0.3, 0.4) is 0 Å². The quantitative estimate of drug-likeness (QED) is 0.906. The Bertz CT molecular complexity index is 544. The van der Waals surface area contributed by atoms with E-state index >= 15 is 0 Å². The van der Waals surface area contributed by atoms with Crippen LogP contribution in [-0.2, 0) is 9.84 Å². The van der Waals surface area contributed by atoms with Crippen LogP contribution in [0.1, 0.15) is 26.7 Å². The van der Waals surface area contributed by atoms with E-state index in [1.807, 2.05) is 12.1 Å². The number of benzene rings is 1. The molecule has 1 aromatic carbocycles. The largest absolute Gasteiger partial charge is 0.372 e. The molecular formula is C16H26N2O2S. The average Bonchev–Trinajstić information content (AvgIpc) is 2.45. The van der Waals surface area contributed by atoms with E-state index in [9.17, 15) is 8.42 Å². The summed E-state index contributed by atoms with van der Waals surface area (Å²) < 4.78 is 22.9. The van der Waals surface area contributed by atoms with E-state index in [-0.39, 0.29) is 0 Å². The summed E-state index contributed by atoms with van der Waals surface area (Å²) in [4.78, 5) is 2.74. The minimum Gasteiger partial charge on any atom is -0.372 e. The number of hydrogen-bond donors (Lipinski definition) is 1. The minimum atomic E-state index is -3.10. The summed E-state index contributed by atoms with van der Waals surface area (Å²) in [6.45, 7) is 7.54. The van der Waals surface area contributed by atoms with Gasteiger partial charge in [0.05, 0.1) is 4.90 Å². The van der Waals surface area contributed by atoms with Gasteiger partial charge in [0.15, 0.2) is 9.84 Å². The van der Waals surface area contributed by atoms with Crippen molar-refractivity contribution < 1.29 is 8.42 Å². The molecule has 0 saturated carbocycles. The maximum atomic E-state index is 11.5. The standard InChI is InChI=1S/C16H26N2O2S/c1-13(2)17-12-14-8-10-18(11-9-14)15-4-6-16(7-5-15)21(3,19)20/h4-7,13-14,17H,8-12H2,1-3H3. The van der Waals surface area contributed by atoms with Crippen LogP contribution in [0, 0.1) is 5.92 Å². The molecule has 2 rings (SSSR count). The second-order valence-electron chi connectivity index (χ2n) is 6.26. The Balaban J connectivity index is 1.90. The van der Waals surface area contributed by atoms with Crippen LogP contribution in [-0.4, -0.2) is 40.3 Å². The highest BCUT2D eigenvalue weighted by molar-refractivity contribution is 7.90. The lowest BCUT2D eigenvalue weighted by Crippen LogP contribution is -2.38. The molecule has 0 unspecified atom stereocenters. The van der Waals surface area contributed by atoms with Gasteiger partial charge in [-0.1, -0.05) is 13.8 Å². The van der Waals surface area contributed by atoms with Crippen molar-refractivity contribution in [3.05, 3.63) is 24.3 Å². The van der Waals surface area contributed by atoms with E-state index in [2.05, 4.69) is 24.1 Å². The number of nitrogens with zero attached hydrogens (tertiary/aromatic N) is 1. The summed E-state index contributed by atoms with van der Waals surface area (Å²) in [5.74, 6) is 0.749. The molecule has 1 aromatic rings. The van der Waals surface area contributed by atoms with Crippen molar-refractivity contribution in [3.8, 4) is 0 Å². The first-order valence-corrected chi connectivity index (χ1v) is 9.54. The number of hydrogen-bond acceptors (Lipinski definition) is 4. The molecule has 0 aromatic heterocycles. The second-order valence-corrected chi connectivity index (χ2v) is 8.28. The van der Waals surface area contributed by atoms with Gasteiger partial charge in [-0.2, -0.15) is 0 Å². The van der Waals surface area contributed by atoms with Crippen molar-refractivity contribution in [3.63, 3.8) is 0 Å². The second kappa shape index (κ2) is 6.79. The van der Waals surface area contributed by atoms with Crippen molar-refractivity contribution >= 4 is 15.5 Å². The molecule has 0 aliphatic carbocycles. The molecule has 0 spiro atoms. The molecule has 21 heavy (non-hydrogen) atoms. The van der Waals surface area contributed by atoms with Crippen LogP contribution in [0.15, 0.2) is 29.2 Å². The van der Waals surface area contributed by atoms with Gasteiger partial charge in [-0.25, -0.2) is 8.42 Å². The monoisotopic (exact) mass is 310 g/mol. The fourth-order valence-corrected chi connectivity index (χ4v) is 3.33. The summed E-state index contributed by atoms with van der Waals surface area (Å²) in [5.41, 5.74) is 1.12. The third-order valence-corrected chi connectivity index (χ3v) is 5.19. The van der Waals surface area contributed by atoms with Crippen LogP contribution in [0.5, 0.6) is 0 Å². The molecule has 0 atom stereocenters. The maximum absolute atomic E-state index is 11.5. The molecule has 5 heteroatoms. The average molecular weight is 310 g/mol. The van der Waals surface area contributed by atoms with Crippen LogP contribution in [0.4, 0.5) is 5.69 Å². The molecule has 1 N–H and O–H groups in total. The number of nitrogens with one attached hydrogen (secondary N) is 1. The van der Waals surface area contributed by atoms with Crippen LogP contribution in [0.25, 0.3) is 0 Å². The van der Waals surface area contributed by atoms with E-state index in [1.54, 1.807) is 12.1 Å². The number of anilines is 1. The normalized spacial score (nSPS) is 17.4. The summed E-state index contributed by atoms with van der Waals surface area (Å²) in [6, 6.07) is 7.80. The van der Waals surface area contributed by atoms with E-state index in [0.717, 1.165) is 31.2 Å². The first-order chi connectivity index (χ1) is 9.86. The highest BCUT2D eigenvalue weighted by Gasteiger charge is 2.19. The van der Waals surface area contributed by atoms with E-state index < -0.39 is 9.84 Å².